The van der Waals surface area contributed by atoms with Gasteiger partial charge < -0.3 is 5.32 Å². The van der Waals surface area contributed by atoms with Crippen molar-refractivity contribution in [3.8, 4) is 0 Å². The number of anilines is 1. The van der Waals surface area contributed by atoms with Crippen LogP contribution in [0.5, 0.6) is 0 Å². The Kier molecular flexibility index (Phi) is 5.24. The van der Waals surface area contributed by atoms with Crippen LogP contribution < -0.4 is 10.6 Å². The Bertz CT molecular complexity index is 768. The first-order valence-corrected chi connectivity index (χ1v) is 7.96. The largest absolute Gasteiger partial charge is 0.334 e. The van der Waals surface area contributed by atoms with Crippen LogP contribution in [0.1, 0.15) is 16.8 Å². The number of urea groups is 1. The number of nitrogens with zero attached hydrogens (tertiary/aromatic N) is 1. The van der Waals surface area contributed by atoms with Crippen LogP contribution in [-0.2, 0) is 19.4 Å². The summed E-state index contributed by atoms with van der Waals surface area (Å²) in [6.07, 6.45) is 1.78. The van der Waals surface area contributed by atoms with Gasteiger partial charge in [0.05, 0.1) is 0 Å². The van der Waals surface area contributed by atoms with E-state index in [0.717, 1.165) is 24.1 Å². The van der Waals surface area contributed by atoms with E-state index in [-0.39, 0.29) is 6.03 Å². The highest BCUT2D eigenvalue weighted by Crippen LogP contribution is 2.09. The molecule has 3 N–H and O–H groups in total. The zero-order valence-electron chi connectivity index (χ0n) is 13.3. The van der Waals surface area contributed by atoms with E-state index in [4.69, 9.17) is 0 Å². The van der Waals surface area contributed by atoms with E-state index in [9.17, 15) is 4.79 Å². The molecule has 2 aromatic carbocycles. The van der Waals surface area contributed by atoms with Crippen molar-refractivity contribution in [3.63, 3.8) is 0 Å². The fraction of sp³-hybridized carbons (Fsp3) is 0.158. The molecule has 3 aromatic rings. The second-order valence-electron chi connectivity index (χ2n) is 5.56. The lowest BCUT2D eigenvalue weighted by molar-refractivity contribution is 0.251. The lowest BCUT2D eigenvalue weighted by Gasteiger charge is -2.05. The summed E-state index contributed by atoms with van der Waals surface area (Å²) in [5.74, 6) is 0.531. The van der Waals surface area contributed by atoms with E-state index < -0.39 is 0 Å². The zero-order chi connectivity index (χ0) is 16.6. The van der Waals surface area contributed by atoms with Gasteiger partial charge in [-0.05, 0) is 24.0 Å². The normalized spacial score (nSPS) is 10.3. The second-order valence-corrected chi connectivity index (χ2v) is 5.56. The Morgan fingerprint density at radius 1 is 0.917 bits per heavy atom. The monoisotopic (exact) mass is 320 g/mol. The van der Waals surface area contributed by atoms with Gasteiger partial charge in [-0.1, -0.05) is 60.7 Å². The fourth-order valence-electron chi connectivity index (χ4n) is 2.42. The van der Waals surface area contributed by atoms with Gasteiger partial charge in [0.2, 0.25) is 0 Å². The van der Waals surface area contributed by atoms with Gasteiger partial charge in [0.25, 0.3) is 0 Å². The fourth-order valence-corrected chi connectivity index (χ4v) is 2.42. The molecule has 122 valence electrons. The maximum atomic E-state index is 11.9. The number of H-pyrrole nitrogens is 1. The minimum absolute atomic E-state index is 0.264. The first-order valence-electron chi connectivity index (χ1n) is 7.96. The van der Waals surface area contributed by atoms with Gasteiger partial charge >= 0.3 is 6.03 Å². The Balaban J connectivity index is 1.46. The van der Waals surface area contributed by atoms with Crippen LogP contribution in [0.3, 0.4) is 0 Å². The van der Waals surface area contributed by atoms with E-state index >= 15 is 0 Å². The molecule has 2 amide bonds. The molecular weight excluding hydrogens is 300 g/mol. The topological polar surface area (TPSA) is 69.8 Å². The van der Waals surface area contributed by atoms with Gasteiger partial charge in [0, 0.05) is 18.3 Å². The molecule has 0 radical (unpaired) electrons. The van der Waals surface area contributed by atoms with Crippen molar-refractivity contribution >= 4 is 11.8 Å². The summed E-state index contributed by atoms with van der Waals surface area (Å²) in [5, 5.41) is 12.6. The van der Waals surface area contributed by atoms with Crippen molar-refractivity contribution in [2.75, 3.05) is 5.32 Å². The van der Waals surface area contributed by atoms with Crippen molar-refractivity contribution in [2.24, 2.45) is 0 Å². The number of aromatic amines is 1. The Morgan fingerprint density at radius 2 is 1.58 bits per heavy atom. The number of hydrogen-bond donors (Lipinski definition) is 3. The SMILES string of the molecule is O=C(NCc1ccccc1)Nc1cc(CCc2ccccc2)[nH]n1. The van der Waals surface area contributed by atoms with Crippen LogP contribution in [0.4, 0.5) is 10.6 Å². The highest BCUT2D eigenvalue weighted by molar-refractivity contribution is 5.88. The molecule has 0 aliphatic heterocycles. The number of amides is 2. The van der Waals surface area contributed by atoms with Crippen LogP contribution in [0, 0.1) is 0 Å². The van der Waals surface area contributed by atoms with Gasteiger partial charge in [-0.15, -0.1) is 0 Å². The summed E-state index contributed by atoms with van der Waals surface area (Å²) in [5.41, 5.74) is 3.33. The first kappa shape index (κ1) is 15.8. The number of nitrogens with one attached hydrogen (secondary N) is 3. The predicted octanol–water partition coefficient (Wildman–Crippen LogP) is 3.52. The Labute approximate surface area is 141 Å². The summed E-state index contributed by atoms with van der Waals surface area (Å²) in [4.78, 5) is 11.9. The molecule has 1 heterocycles. The third kappa shape index (κ3) is 4.71. The summed E-state index contributed by atoms with van der Waals surface area (Å²) in [7, 11) is 0. The molecule has 0 saturated heterocycles. The van der Waals surface area contributed by atoms with Gasteiger partial charge in [-0.25, -0.2) is 4.79 Å². The van der Waals surface area contributed by atoms with Crippen LogP contribution in [0.25, 0.3) is 0 Å². The zero-order valence-corrected chi connectivity index (χ0v) is 13.3. The minimum atomic E-state index is -0.264. The maximum absolute atomic E-state index is 11.9. The van der Waals surface area contributed by atoms with E-state index in [1.807, 2.05) is 54.6 Å². The standard InChI is InChI=1S/C19H20N4O/c24-19(20-14-16-9-5-2-6-10-16)21-18-13-17(22-23-18)12-11-15-7-3-1-4-8-15/h1-10,13H,11-12,14H2,(H3,20,21,22,23,24). The lowest BCUT2D eigenvalue weighted by Crippen LogP contribution is -2.28. The average molecular weight is 320 g/mol. The summed E-state index contributed by atoms with van der Waals surface area (Å²) in [6, 6.07) is 21.7. The van der Waals surface area contributed by atoms with Crippen molar-refractivity contribution in [1.82, 2.24) is 15.5 Å². The molecule has 0 aliphatic rings. The van der Waals surface area contributed by atoms with Crippen LogP contribution in [-0.4, -0.2) is 16.2 Å². The summed E-state index contributed by atoms with van der Waals surface area (Å²) < 4.78 is 0. The molecule has 1 aromatic heterocycles. The molecule has 0 bridgehead atoms. The van der Waals surface area contributed by atoms with Crippen molar-refractivity contribution in [2.45, 2.75) is 19.4 Å². The Morgan fingerprint density at radius 3 is 2.29 bits per heavy atom. The van der Waals surface area contributed by atoms with Gasteiger partial charge in [-0.3, -0.25) is 10.4 Å². The molecule has 0 atom stereocenters. The van der Waals surface area contributed by atoms with E-state index in [1.54, 1.807) is 0 Å². The van der Waals surface area contributed by atoms with Crippen molar-refractivity contribution in [3.05, 3.63) is 83.6 Å². The minimum Gasteiger partial charge on any atom is -0.334 e. The number of carbonyl (C=O) groups is 1. The van der Waals surface area contributed by atoms with Crippen molar-refractivity contribution < 1.29 is 4.79 Å². The molecule has 0 fully saturated rings. The molecular formula is C19H20N4O. The molecule has 5 heteroatoms. The van der Waals surface area contributed by atoms with E-state index in [1.165, 1.54) is 5.56 Å². The van der Waals surface area contributed by atoms with E-state index in [2.05, 4.69) is 33.0 Å². The number of carbonyl (C=O) groups excluding carboxylic acids is 1. The maximum Gasteiger partial charge on any atom is 0.320 e. The highest BCUT2D eigenvalue weighted by atomic mass is 16.2. The Hall–Kier alpha value is -3.08. The third-order valence-corrected chi connectivity index (χ3v) is 3.69. The second kappa shape index (κ2) is 7.97. The first-order chi connectivity index (χ1) is 11.8. The summed E-state index contributed by atoms with van der Waals surface area (Å²) >= 11 is 0. The molecule has 0 saturated carbocycles. The third-order valence-electron chi connectivity index (χ3n) is 3.69. The average Bonchev–Trinajstić information content (AvgIpc) is 3.07. The highest BCUT2D eigenvalue weighted by Gasteiger charge is 2.06. The molecule has 3 rings (SSSR count). The quantitative estimate of drug-likeness (QED) is 0.650. The predicted molar refractivity (Wildman–Crippen MR) is 94.7 cm³/mol. The lowest BCUT2D eigenvalue weighted by atomic mass is 10.1. The van der Waals surface area contributed by atoms with Crippen LogP contribution in [0.2, 0.25) is 0 Å². The van der Waals surface area contributed by atoms with Gasteiger partial charge in [-0.2, -0.15) is 5.10 Å². The molecule has 24 heavy (non-hydrogen) atoms. The molecule has 0 unspecified atom stereocenters. The number of hydrogen-bond acceptors (Lipinski definition) is 2. The summed E-state index contributed by atoms with van der Waals surface area (Å²) in [6.45, 7) is 0.484. The number of benzene rings is 2. The van der Waals surface area contributed by atoms with Crippen LogP contribution in [0.15, 0.2) is 66.7 Å². The molecule has 0 aliphatic carbocycles. The van der Waals surface area contributed by atoms with Crippen LogP contribution >= 0.6 is 0 Å². The molecule has 5 nitrogen and oxygen atoms in total. The number of aromatic nitrogens is 2. The van der Waals surface area contributed by atoms with Gasteiger partial charge in [0.1, 0.15) is 0 Å². The number of rotatable bonds is 6. The van der Waals surface area contributed by atoms with E-state index in [0.29, 0.717) is 12.4 Å². The smallest absolute Gasteiger partial charge is 0.320 e. The van der Waals surface area contributed by atoms with Crippen molar-refractivity contribution in [1.29, 1.82) is 0 Å². The van der Waals surface area contributed by atoms with Gasteiger partial charge in [0.15, 0.2) is 5.82 Å². The number of aryl methyl sites for hydroxylation is 2. The molecule has 0 spiro atoms.